The van der Waals surface area contributed by atoms with Crippen molar-refractivity contribution in [1.29, 1.82) is 0 Å². The Labute approximate surface area is 157 Å². The molecule has 1 unspecified atom stereocenters. The Kier molecular flexibility index (Phi) is 5.22. The number of piperazine rings is 1. The summed E-state index contributed by atoms with van der Waals surface area (Å²) in [7, 11) is 0. The van der Waals surface area contributed by atoms with Crippen LogP contribution in [-0.2, 0) is 4.79 Å². The minimum absolute atomic E-state index is 0.187. The molecule has 1 aromatic heterocycles. The molecule has 2 aliphatic heterocycles. The second-order valence-corrected chi connectivity index (χ2v) is 8.09. The van der Waals surface area contributed by atoms with E-state index in [1.54, 1.807) is 17.4 Å². The van der Waals surface area contributed by atoms with Gasteiger partial charge >= 0.3 is 0 Å². The number of para-hydroxylation sites is 1. The van der Waals surface area contributed by atoms with E-state index in [1.807, 2.05) is 21.9 Å². The number of hydrogen-bond donors (Lipinski definition) is 1. The van der Waals surface area contributed by atoms with Gasteiger partial charge in [-0.2, -0.15) is 0 Å². The monoisotopic (exact) mass is 374 g/mol. The van der Waals surface area contributed by atoms with Crippen molar-refractivity contribution >= 4 is 22.9 Å². The van der Waals surface area contributed by atoms with E-state index >= 15 is 0 Å². The number of carbonyl (C=O) groups is 1. The third-order valence-corrected chi connectivity index (χ3v) is 6.56. The normalized spacial score (nSPS) is 23.4. The van der Waals surface area contributed by atoms with Gasteiger partial charge < -0.3 is 14.7 Å². The van der Waals surface area contributed by atoms with Crippen LogP contribution in [0.25, 0.3) is 0 Å². The van der Waals surface area contributed by atoms with Crippen LogP contribution in [0.15, 0.2) is 41.8 Å². The highest BCUT2D eigenvalue weighted by Gasteiger charge is 2.34. The highest BCUT2D eigenvalue weighted by atomic mass is 32.1. The Bertz CT molecular complexity index is 743. The molecular formula is C20H25FN3OS+. The topological polar surface area (TPSA) is 28.0 Å². The molecule has 1 aromatic carbocycles. The summed E-state index contributed by atoms with van der Waals surface area (Å²) < 4.78 is 14.0. The minimum atomic E-state index is -0.187. The minimum Gasteiger partial charge on any atom is -0.366 e. The number of hydrogen-bond acceptors (Lipinski definition) is 3. The van der Waals surface area contributed by atoms with Crippen LogP contribution in [0, 0.1) is 5.82 Å². The number of likely N-dealkylation sites (tertiary alicyclic amines) is 1. The average molecular weight is 375 g/mol. The number of amides is 1. The lowest BCUT2D eigenvalue weighted by molar-refractivity contribution is -0.910. The summed E-state index contributed by atoms with van der Waals surface area (Å²) in [6.07, 6.45) is 2.36. The third kappa shape index (κ3) is 3.62. The first-order valence-electron chi connectivity index (χ1n) is 9.37. The van der Waals surface area contributed by atoms with Gasteiger partial charge in [-0.3, -0.25) is 4.79 Å². The second kappa shape index (κ2) is 7.76. The van der Waals surface area contributed by atoms with Crippen LogP contribution in [0.1, 0.15) is 23.8 Å². The standard InChI is InChI=1S/C20H24FN3OS/c21-16-5-1-2-6-17(16)22-10-12-23(13-11-22)20(25)15-24-9-3-7-18(24)19-8-4-14-26-19/h1-2,4-6,8,14,18H,3,7,9-13,15H2/p+1/t18-/m1/s1. The summed E-state index contributed by atoms with van der Waals surface area (Å²) in [5, 5.41) is 2.12. The van der Waals surface area contributed by atoms with Crippen molar-refractivity contribution in [2.45, 2.75) is 18.9 Å². The fraction of sp³-hybridized carbons (Fsp3) is 0.450. The van der Waals surface area contributed by atoms with Gasteiger partial charge in [0.05, 0.1) is 17.1 Å². The van der Waals surface area contributed by atoms with Crippen molar-refractivity contribution in [3.8, 4) is 0 Å². The molecule has 2 fully saturated rings. The van der Waals surface area contributed by atoms with Gasteiger partial charge in [0.1, 0.15) is 11.9 Å². The molecule has 26 heavy (non-hydrogen) atoms. The van der Waals surface area contributed by atoms with Crippen molar-refractivity contribution in [2.75, 3.05) is 44.2 Å². The first-order valence-corrected chi connectivity index (χ1v) is 10.3. The van der Waals surface area contributed by atoms with E-state index in [2.05, 4.69) is 17.5 Å². The van der Waals surface area contributed by atoms with Gasteiger partial charge in [0, 0.05) is 39.0 Å². The van der Waals surface area contributed by atoms with Gasteiger partial charge in [-0.25, -0.2) is 4.39 Å². The predicted octanol–water partition coefficient (Wildman–Crippen LogP) is 1.96. The summed E-state index contributed by atoms with van der Waals surface area (Å²) in [4.78, 5) is 19.6. The molecule has 1 N–H and O–H groups in total. The average Bonchev–Trinajstić information content (AvgIpc) is 3.33. The highest BCUT2D eigenvalue weighted by Crippen LogP contribution is 2.23. The van der Waals surface area contributed by atoms with E-state index in [-0.39, 0.29) is 11.7 Å². The van der Waals surface area contributed by atoms with Gasteiger partial charge in [-0.15, -0.1) is 11.3 Å². The lowest BCUT2D eigenvalue weighted by atomic mass is 10.2. The zero-order chi connectivity index (χ0) is 17.9. The molecule has 4 rings (SSSR count). The molecule has 2 aromatic rings. The highest BCUT2D eigenvalue weighted by molar-refractivity contribution is 7.10. The summed E-state index contributed by atoms with van der Waals surface area (Å²) in [5.74, 6) is 0.0456. The van der Waals surface area contributed by atoms with Crippen molar-refractivity contribution < 1.29 is 14.1 Å². The summed E-state index contributed by atoms with van der Waals surface area (Å²) in [6, 6.07) is 11.6. The number of halogens is 1. The Morgan fingerprint density at radius 3 is 2.69 bits per heavy atom. The molecule has 1 amide bonds. The van der Waals surface area contributed by atoms with E-state index in [1.165, 1.54) is 28.7 Å². The van der Waals surface area contributed by atoms with Crippen molar-refractivity contribution in [3.63, 3.8) is 0 Å². The molecule has 2 aliphatic rings. The van der Waals surface area contributed by atoms with Crippen LogP contribution < -0.4 is 9.80 Å². The molecule has 138 valence electrons. The fourth-order valence-electron chi connectivity index (χ4n) is 4.17. The SMILES string of the molecule is O=C(C[NH+]1CCC[C@@H]1c1cccs1)N1CCN(c2ccccc2F)CC1. The molecule has 0 saturated carbocycles. The van der Waals surface area contributed by atoms with Gasteiger partial charge in [-0.05, 0) is 23.6 Å². The van der Waals surface area contributed by atoms with Crippen molar-refractivity contribution in [2.24, 2.45) is 0 Å². The molecule has 6 heteroatoms. The number of benzene rings is 1. The fourth-order valence-corrected chi connectivity index (χ4v) is 5.09. The zero-order valence-corrected chi connectivity index (χ0v) is 15.7. The number of anilines is 1. The lowest BCUT2D eigenvalue weighted by Gasteiger charge is -2.36. The zero-order valence-electron chi connectivity index (χ0n) is 14.9. The summed E-state index contributed by atoms with van der Waals surface area (Å²) in [5.41, 5.74) is 0.641. The van der Waals surface area contributed by atoms with Crippen LogP contribution in [0.4, 0.5) is 10.1 Å². The molecule has 0 aliphatic carbocycles. The Morgan fingerprint density at radius 2 is 1.96 bits per heavy atom. The molecule has 2 atom stereocenters. The van der Waals surface area contributed by atoms with Gasteiger partial charge in [0.25, 0.3) is 5.91 Å². The molecule has 0 bridgehead atoms. The van der Waals surface area contributed by atoms with E-state index < -0.39 is 0 Å². The maximum Gasteiger partial charge on any atom is 0.277 e. The Hall–Kier alpha value is -1.92. The van der Waals surface area contributed by atoms with E-state index in [9.17, 15) is 9.18 Å². The molecule has 0 spiro atoms. The Morgan fingerprint density at radius 1 is 1.15 bits per heavy atom. The predicted molar refractivity (Wildman–Crippen MR) is 102 cm³/mol. The maximum absolute atomic E-state index is 14.0. The van der Waals surface area contributed by atoms with Gasteiger partial charge in [0.2, 0.25) is 0 Å². The third-order valence-electron chi connectivity index (χ3n) is 5.57. The summed E-state index contributed by atoms with van der Waals surface area (Å²) >= 11 is 1.80. The summed E-state index contributed by atoms with van der Waals surface area (Å²) in [6.45, 7) is 4.37. The van der Waals surface area contributed by atoms with E-state index in [0.717, 1.165) is 6.54 Å². The van der Waals surface area contributed by atoms with E-state index in [4.69, 9.17) is 0 Å². The smallest absolute Gasteiger partial charge is 0.277 e. The van der Waals surface area contributed by atoms with Gasteiger partial charge in [-0.1, -0.05) is 18.2 Å². The maximum atomic E-state index is 14.0. The van der Waals surface area contributed by atoms with Crippen LogP contribution in [-0.4, -0.2) is 50.1 Å². The molecular weight excluding hydrogens is 349 g/mol. The number of rotatable bonds is 4. The Balaban J connectivity index is 1.33. The van der Waals surface area contributed by atoms with Crippen molar-refractivity contribution in [1.82, 2.24) is 4.90 Å². The quantitative estimate of drug-likeness (QED) is 0.886. The van der Waals surface area contributed by atoms with Crippen molar-refractivity contribution in [3.05, 3.63) is 52.5 Å². The number of quaternary nitrogens is 1. The van der Waals surface area contributed by atoms with Crippen LogP contribution in [0.2, 0.25) is 0 Å². The first-order chi connectivity index (χ1) is 12.7. The van der Waals surface area contributed by atoms with Crippen LogP contribution in [0.3, 0.4) is 0 Å². The van der Waals surface area contributed by atoms with Crippen LogP contribution in [0.5, 0.6) is 0 Å². The van der Waals surface area contributed by atoms with Crippen LogP contribution >= 0.6 is 11.3 Å². The largest absolute Gasteiger partial charge is 0.366 e. The van der Waals surface area contributed by atoms with Gasteiger partial charge in [0.15, 0.2) is 6.54 Å². The lowest BCUT2D eigenvalue weighted by Crippen LogP contribution is -3.11. The van der Waals surface area contributed by atoms with E-state index in [0.29, 0.717) is 44.5 Å². The number of thiophene rings is 1. The number of nitrogens with zero attached hydrogens (tertiary/aromatic N) is 2. The molecule has 4 nitrogen and oxygen atoms in total. The number of carbonyl (C=O) groups excluding carboxylic acids is 1. The molecule has 3 heterocycles. The number of nitrogens with one attached hydrogen (secondary N) is 1. The second-order valence-electron chi connectivity index (χ2n) is 7.11. The molecule has 2 saturated heterocycles. The first kappa shape index (κ1) is 17.5. The molecule has 0 radical (unpaired) electrons.